The predicted molar refractivity (Wildman–Crippen MR) is 93.1 cm³/mol. The summed E-state index contributed by atoms with van der Waals surface area (Å²) in [5.74, 6) is -0.638. The van der Waals surface area contributed by atoms with Gasteiger partial charge in [-0.15, -0.1) is 0 Å². The lowest BCUT2D eigenvalue weighted by molar-refractivity contribution is 0.0939. The Hall–Kier alpha value is -3.53. The molecule has 1 aromatic carbocycles. The highest BCUT2D eigenvalue weighted by molar-refractivity contribution is 5.94. The van der Waals surface area contributed by atoms with Gasteiger partial charge in [0.25, 0.3) is 5.91 Å². The van der Waals surface area contributed by atoms with Gasteiger partial charge in [-0.2, -0.15) is 10.4 Å². The van der Waals surface area contributed by atoms with Crippen LogP contribution in [-0.4, -0.2) is 20.7 Å². The minimum absolute atomic E-state index is 0.252. The number of aromatic nitrogens is 3. The van der Waals surface area contributed by atoms with Crippen LogP contribution in [0.1, 0.15) is 40.3 Å². The summed E-state index contributed by atoms with van der Waals surface area (Å²) in [6.07, 6.45) is 3.02. The van der Waals surface area contributed by atoms with Crippen LogP contribution in [0.5, 0.6) is 0 Å². The van der Waals surface area contributed by atoms with E-state index in [0.29, 0.717) is 11.3 Å². The van der Waals surface area contributed by atoms with Crippen molar-refractivity contribution in [3.05, 3.63) is 77.1 Å². The zero-order valence-corrected chi connectivity index (χ0v) is 14.3. The molecule has 0 fully saturated rings. The fraction of sp³-hybridized carbons (Fsp3) is 0.158. The fourth-order valence-electron chi connectivity index (χ4n) is 2.67. The third-order valence-corrected chi connectivity index (χ3v) is 4.05. The van der Waals surface area contributed by atoms with E-state index in [1.165, 1.54) is 24.4 Å². The second kappa shape index (κ2) is 7.15. The number of rotatable bonds is 4. The number of benzene rings is 1. The molecule has 130 valence electrons. The number of carbonyl (C=O) groups excluding carboxylic acids is 1. The van der Waals surface area contributed by atoms with Crippen molar-refractivity contribution >= 4 is 5.91 Å². The van der Waals surface area contributed by atoms with Crippen molar-refractivity contribution in [2.75, 3.05) is 0 Å². The standard InChI is InChI=1S/C19H16FN5O/c1-12(24-19(26)14-6-7-16(9-21)22-10-14)18-11-23-25(13(18)2)17-5-3-4-15(20)8-17/h3-8,10-12H,1-2H3,(H,24,26)/t12-/m0/s1. The van der Waals surface area contributed by atoms with Gasteiger partial charge in [-0.3, -0.25) is 4.79 Å². The van der Waals surface area contributed by atoms with Crippen LogP contribution in [0.25, 0.3) is 5.69 Å². The highest BCUT2D eigenvalue weighted by Gasteiger charge is 2.17. The van der Waals surface area contributed by atoms with Gasteiger partial charge in [-0.1, -0.05) is 6.07 Å². The molecule has 2 aromatic heterocycles. The molecular weight excluding hydrogens is 333 g/mol. The molecule has 0 unspecified atom stereocenters. The number of hydrogen-bond acceptors (Lipinski definition) is 4. The topological polar surface area (TPSA) is 83.6 Å². The van der Waals surface area contributed by atoms with Crippen LogP contribution in [0.4, 0.5) is 4.39 Å². The normalized spacial score (nSPS) is 11.6. The second-order valence-electron chi connectivity index (χ2n) is 5.82. The summed E-state index contributed by atoms with van der Waals surface area (Å²) >= 11 is 0. The van der Waals surface area contributed by atoms with Crippen LogP contribution in [0.2, 0.25) is 0 Å². The van der Waals surface area contributed by atoms with Gasteiger partial charge in [0.05, 0.1) is 23.5 Å². The monoisotopic (exact) mass is 349 g/mol. The lowest BCUT2D eigenvalue weighted by Gasteiger charge is -2.14. The summed E-state index contributed by atoms with van der Waals surface area (Å²) in [6.45, 7) is 3.70. The predicted octanol–water partition coefficient (Wildman–Crippen LogP) is 3.08. The van der Waals surface area contributed by atoms with Gasteiger partial charge in [0, 0.05) is 17.5 Å². The van der Waals surface area contributed by atoms with E-state index < -0.39 is 0 Å². The Kier molecular flexibility index (Phi) is 4.76. The molecule has 1 amide bonds. The maximum atomic E-state index is 13.4. The van der Waals surface area contributed by atoms with Crippen molar-refractivity contribution in [1.29, 1.82) is 5.26 Å². The van der Waals surface area contributed by atoms with Gasteiger partial charge < -0.3 is 5.32 Å². The van der Waals surface area contributed by atoms with E-state index in [-0.39, 0.29) is 23.5 Å². The number of pyridine rings is 1. The van der Waals surface area contributed by atoms with E-state index >= 15 is 0 Å². The SMILES string of the molecule is Cc1c([C@H](C)NC(=O)c2ccc(C#N)nc2)cnn1-c1cccc(F)c1. The number of halogens is 1. The molecule has 1 N–H and O–H groups in total. The average Bonchev–Trinajstić information content (AvgIpc) is 3.03. The first-order chi connectivity index (χ1) is 12.5. The molecule has 0 aliphatic carbocycles. The minimum Gasteiger partial charge on any atom is -0.345 e. The molecule has 0 saturated carbocycles. The van der Waals surface area contributed by atoms with Crippen molar-refractivity contribution in [1.82, 2.24) is 20.1 Å². The first-order valence-electron chi connectivity index (χ1n) is 7.97. The first-order valence-corrected chi connectivity index (χ1v) is 7.97. The Morgan fingerprint density at radius 2 is 2.12 bits per heavy atom. The molecule has 2 heterocycles. The van der Waals surface area contributed by atoms with Crippen molar-refractivity contribution < 1.29 is 9.18 Å². The molecule has 6 nitrogen and oxygen atoms in total. The number of nitrogens with one attached hydrogen (secondary N) is 1. The molecule has 0 spiro atoms. The molecule has 0 bridgehead atoms. The smallest absolute Gasteiger partial charge is 0.253 e. The lowest BCUT2D eigenvalue weighted by Crippen LogP contribution is -2.27. The molecule has 0 aliphatic rings. The van der Waals surface area contributed by atoms with E-state index in [4.69, 9.17) is 5.26 Å². The highest BCUT2D eigenvalue weighted by Crippen LogP contribution is 2.21. The molecule has 7 heteroatoms. The van der Waals surface area contributed by atoms with Gasteiger partial charge in [-0.05, 0) is 44.2 Å². The third-order valence-electron chi connectivity index (χ3n) is 4.05. The van der Waals surface area contributed by atoms with Crippen LogP contribution >= 0.6 is 0 Å². The Morgan fingerprint density at radius 1 is 1.31 bits per heavy atom. The third kappa shape index (κ3) is 3.44. The highest BCUT2D eigenvalue weighted by atomic mass is 19.1. The van der Waals surface area contributed by atoms with Gasteiger partial charge in [0.2, 0.25) is 0 Å². The lowest BCUT2D eigenvalue weighted by atomic mass is 10.1. The Labute approximate surface area is 149 Å². The fourth-order valence-corrected chi connectivity index (χ4v) is 2.67. The van der Waals surface area contributed by atoms with Crippen molar-refractivity contribution in [2.24, 2.45) is 0 Å². The Morgan fingerprint density at radius 3 is 2.77 bits per heavy atom. The second-order valence-corrected chi connectivity index (χ2v) is 5.82. The summed E-state index contributed by atoms with van der Waals surface area (Å²) in [4.78, 5) is 16.2. The summed E-state index contributed by atoms with van der Waals surface area (Å²) < 4.78 is 15.1. The number of carbonyl (C=O) groups is 1. The summed E-state index contributed by atoms with van der Waals surface area (Å²) in [6, 6.07) is 10.8. The van der Waals surface area contributed by atoms with Gasteiger partial charge in [-0.25, -0.2) is 14.1 Å². The molecule has 26 heavy (non-hydrogen) atoms. The number of nitriles is 1. The van der Waals surface area contributed by atoms with Crippen LogP contribution in [0.15, 0.2) is 48.8 Å². The Balaban J connectivity index is 1.79. The zero-order chi connectivity index (χ0) is 18.7. The van der Waals surface area contributed by atoms with E-state index in [0.717, 1.165) is 11.3 Å². The van der Waals surface area contributed by atoms with Gasteiger partial charge >= 0.3 is 0 Å². The summed E-state index contributed by atoms with van der Waals surface area (Å²) in [5.41, 5.74) is 2.86. The Bertz CT molecular complexity index is 988. The largest absolute Gasteiger partial charge is 0.345 e. The quantitative estimate of drug-likeness (QED) is 0.784. The average molecular weight is 349 g/mol. The van der Waals surface area contributed by atoms with E-state index in [2.05, 4.69) is 15.4 Å². The molecule has 3 aromatic rings. The maximum absolute atomic E-state index is 13.4. The van der Waals surface area contributed by atoms with Crippen LogP contribution in [-0.2, 0) is 0 Å². The number of amides is 1. The maximum Gasteiger partial charge on any atom is 0.253 e. The molecular formula is C19H16FN5O. The van der Waals surface area contributed by atoms with Crippen molar-refractivity contribution in [3.8, 4) is 11.8 Å². The van der Waals surface area contributed by atoms with Crippen LogP contribution in [0, 0.1) is 24.1 Å². The van der Waals surface area contributed by atoms with E-state index in [9.17, 15) is 9.18 Å². The minimum atomic E-state index is -0.339. The molecule has 0 radical (unpaired) electrons. The van der Waals surface area contributed by atoms with Crippen molar-refractivity contribution in [3.63, 3.8) is 0 Å². The van der Waals surface area contributed by atoms with Crippen LogP contribution in [0.3, 0.4) is 0 Å². The number of hydrogen-bond donors (Lipinski definition) is 1. The van der Waals surface area contributed by atoms with Gasteiger partial charge in [0.15, 0.2) is 0 Å². The van der Waals surface area contributed by atoms with Crippen LogP contribution < -0.4 is 5.32 Å². The zero-order valence-electron chi connectivity index (χ0n) is 14.3. The van der Waals surface area contributed by atoms with Crippen molar-refractivity contribution in [2.45, 2.75) is 19.9 Å². The molecule has 0 aliphatic heterocycles. The summed E-state index contributed by atoms with van der Waals surface area (Å²) in [5, 5.41) is 15.9. The number of nitrogens with zero attached hydrogens (tertiary/aromatic N) is 4. The van der Waals surface area contributed by atoms with E-state index in [1.807, 2.05) is 19.9 Å². The molecule has 0 saturated heterocycles. The van der Waals surface area contributed by atoms with E-state index in [1.54, 1.807) is 29.1 Å². The molecule has 3 rings (SSSR count). The van der Waals surface area contributed by atoms with Gasteiger partial charge in [0.1, 0.15) is 17.6 Å². The first kappa shape index (κ1) is 17.3. The molecule has 1 atom stereocenters. The summed E-state index contributed by atoms with van der Waals surface area (Å²) in [7, 11) is 0.